The predicted molar refractivity (Wildman–Crippen MR) is 177 cm³/mol. The number of amides is 2. The first kappa shape index (κ1) is 38.7. The fourth-order valence-corrected chi connectivity index (χ4v) is 5.80. The number of likely N-dealkylation sites (N-methyl/N-ethyl adjacent to an activating group) is 2. The normalized spacial score (nSPS) is 24.8. The summed E-state index contributed by atoms with van der Waals surface area (Å²) < 4.78 is 0. The number of rotatable bonds is 4. The van der Waals surface area contributed by atoms with E-state index >= 15 is 0 Å². The molecular formula is C32H68N8O2. The Morgan fingerprint density at radius 2 is 0.905 bits per heavy atom. The van der Waals surface area contributed by atoms with E-state index in [0.29, 0.717) is 5.91 Å². The molecule has 4 aliphatic heterocycles. The highest BCUT2D eigenvalue weighted by Crippen LogP contribution is 2.18. The zero-order valence-electron chi connectivity index (χ0n) is 29.6. The van der Waals surface area contributed by atoms with E-state index in [2.05, 4.69) is 78.7 Å². The van der Waals surface area contributed by atoms with Gasteiger partial charge < -0.3 is 39.2 Å². The molecule has 2 unspecified atom stereocenters. The van der Waals surface area contributed by atoms with Crippen LogP contribution < -0.4 is 0 Å². The summed E-state index contributed by atoms with van der Waals surface area (Å²) in [6.07, 6.45) is 7.30. The maximum absolute atomic E-state index is 11.7. The van der Waals surface area contributed by atoms with Crippen LogP contribution in [0.25, 0.3) is 0 Å². The molecule has 10 nitrogen and oxygen atoms in total. The number of carbonyl (C=O) groups is 2. The Bertz CT molecular complexity index is 751. The highest BCUT2D eigenvalue weighted by Gasteiger charge is 2.30. The molecule has 2 atom stereocenters. The number of hydrogen-bond acceptors (Lipinski definition) is 8. The Kier molecular flexibility index (Phi) is 18.3. The quantitative estimate of drug-likeness (QED) is 0.482. The predicted octanol–water partition coefficient (Wildman–Crippen LogP) is 1.34. The molecule has 0 aromatic rings. The molecule has 2 amide bonds. The van der Waals surface area contributed by atoms with Crippen LogP contribution in [0, 0.1) is 11.8 Å². The van der Waals surface area contributed by atoms with Gasteiger partial charge in [0.1, 0.15) is 0 Å². The van der Waals surface area contributed by atoms with E-state index in [1.807, 2.05) is 21.1 Å². The van der Waals surface area contributed by atoms with Crippen molar-refractivity contribution in [2.24, 2.45) is 11.8 Å². The van der Waals surface area contributed by atoms with Crippen LogP contribution in [0.3, 0.4) is 0 Å². The molecule has 4 rings (SSSR count). The first-order valence-corrected chi connectivity index (χ1v) is 16.1. The third kappa shape index (κ3) is 14.9. The van der Waals surface area contributed by atoms with Crippen LogP contribution in [0.1, 0.15) is 38.5 Å². The van der Waals surface area contributed by atoms with E-state index in [1.54, 1.807) is 23.9 Å². The SMILES string of the molecule is CN1CC(C(=O)N(C)C)C1.CN1CC(N(C)C)C1.CN1CCCC(C(=O)N(C)C)CC1.CN1CCCC(N(C)C)CC1. The minimum Gasteiger partial charge on any atom is -0.349 e. The van der Waals surface area contributed by atoms with Crippen molar-refractivity contribution in [2.75, 3.05) is 137 Å². The topological polar surface area (TPSA) is 60.1 Å². The number of hydrogen-bond donors (Lipinski definition) is 0. The molecule has 0 aromatic carbocycles. The van der Waals surface area contributed by atoms with Crippen molar-refractivity contribution in [2.45, 2.75) is 50.6 Å². The lowest BCUT2D eigenvalue weighted by Gasteiger charge is -2.40. The fourth-order valence-electron chi connectivity index (χ4n) is 5.80. The van der Waals surface area contributed by atoms with E-state index in [-0.39, 0.29) is 17.7 Å². The van der Waals surface area contributed by atoms with Gasteiger partial charge in [0.2, 0.25) is 11.8 Å². The monoisotopic (exact) mass is 597 g/mol. The van der Waals surface area contributed by atoms with Crippen molar-refractivity contribution in [1.82, 2.24) is 39.2 Å². The largest absolute Gasteiger partial charge is 0.349 e. The van der Waals surface area contributed by atoms with Gasteiger partial charge >= 0.3 is 0 Å². The third-order valence-corrected chi connectivity index (χ3v) is 9.02. The Morgan fingerprint density at radius 3 is 1.31 bits per heavy atom. The smallest absolute Gasteiger partial charge is 0.227 e. The average molecular weight is 597 g/mol. The minimum absolute atomic E-state index is 0.262. The van der Waals surface area contributed by atoms with E-state index in [0.717, 1.165) is 57.5 Å². The fraction of sp³-hybridized carbons (Fsp3) is 0.938. The molecule has 4 heterocycles. The maximum atomic E-state index is 11.7. The standard InChI is InChI=1S/C10H20N2O.C9H20N2.C7H14N2O.C6H14N2/c1-11(2)10(13)9-5-4-7-12(3)8-6-9;1-10(2)9-5-4-7-11(3)8-6-9;1-8(2)7(10)6-4-9(3)5-6;1-7(2)6-4-8(3)5-6/h9H,4-8H2,1-3H3;9H,4-8H2,1-3H3;6H,4-5H2,1-3H3;6H,4-5H2,1-3H3. The molecule has 10 heteroatoms. The van der Waals surface area contributed by atoms with Gasteiger partial charge in [-0.1, -0.05) is 0 Å². The van der Waals surface area contributed by atoms with Crippen LogP contribution >= 0.6 is 0 Å². The highest BCUT2D eigenvalue weighted by atomic mass is 16.2. The molecular weight excluding hydrogens is 528 g/mol. The summed E-state index contributed by atoms with van der Waals surface area (Å²) in [7, 11) is 24.5. The Morgan fingerprint density at radius 1 is 0.476 bits per heavy atom. The van der Waals surface area contributed by atoms with E-state index < -0.39 is 0 Å². The Labute approximate surface area is 259 Å². The lowest BCUT2D eigenvalue weighted by atomic mass is 9.99. The summed E-state index contributed by atoms with van der Waals surface area (Å²) in [4.78, 5) is 40.1. The minimum atomic E-state index is 0.262. The second-order valence-electron chi connectivity index (χ2n) is 14.0. The van der Waals surface area contributed by atoms with Crippen LogP contribution in [0.2, 0.25) is 0 Å². The zero-order chi connectivity index (χ0) is 32.0. The molecule has 4 aliphatic rings. The van der Waals surface area contributed by atoms with Gasteiger partial charge in [-0.05, 0) is 121 Å². The van der Waals surface area contributed by atoms with Crippen LogP contribution in [0.4, 0.5) is 0 Å². The van der Waals surface area contributed by atoms with Crippen LogP contribution in [-0.2, 0) is 9.59 Å². The second kappa shape index (κ2) is 19.9. The average Bonchev–Trinajstić information content (AvgIpc) is 3.24. The molecule has 0 spiro atoms. The summed E-state index contributed by atoms with van der Waals surface area (Å²) in [5, 5.41) is 0. The van der Waals surface area contributed by atoms with Crippen molar-refractivity contribution in [3.05, 3.63) is 0 Å². The zero-order valence-corrected chi connectivity index (χ0v) is 29.6. The summed E-state index contributed by atoms with van der Waals surface area (Å²) >= 11 is 0. The maximum Gasteiger partial charge on any atom is 0.227 e. The lowest BCUT2D eigenvalue weighted by Crippen LogP contribution is -2.55. The lowest BCUT2D eigenvalue weighted by molar-refractivity contribution is -0.137. The number of likely N-dealkylation sites (tertiary alicyclic amines) is 4. The van der Waals surface area contributed by atoms with Gasteiger partial charge in [-0.2, -0.15) is 0 Å². The summed E-state index contributed by atoms with van der Waals surface area (Å²) in [5.41, 5.74) is 0. The van der Waals surface area contributed by atoms with E-state index in [1.165, 1.54) is 45.4 Å². The van der Waals surface area contributed by atoms with Crippen molar-refractivity contribution in [3.8, 4) is 0 Å². The molecule has 248 valence electrons. The molecule has 0 aromatic heterocycles. The first-order valence-electron chi connectivity index (χ1n) is 16.1. The first-order chi connectivity index (χ1) is 19.6. The van der Waals surface area contributed by atoms with Gasteiger partial charge in [-0.15, -0.1) is 0 Å². The van der Waals surface area contributed by atoms with Gasteiger partial charge in [-0.3, -0.25) is 9.59 Å². The number of carbonyl (C=O) groups excluding carboxylic acids is 2. The molecule has 0 aliphatic carbocycles. The number of nitrogens with zero attached hydrogens (tertiary/aromatic N) is 8. The molecule has 0 N–H and O–H groups in total. The second-order valence-corrected chi connectivity index (χ2v) is 14.0. The van der Waals surface area contributed by atoms with Crippen molar-refractivity contribution < 1.29 is 9.59 Å². The van der Waals surface area contributed by atoms with Gasteiger partial charge in [0, 0.05) is 72.4 Å². The molecule has 0 bridgehead atoms. The van der Waals surface area contributed by atoms with Crippen LogP contribution in [-0.4, -0.2) is 200 Å². The molecule has 42 heavy (non-hydrogen) atoms. The Balaban J connectivity index is 0.000000284. The summed E-state index contributed by atoms with van der Waals surface area (Å²) in [6.45, 7) is 9.09. The van der Waals surface area contributed by atoms with Gasteiger partial charge in [0.25, 0.3) is 0 Å². The molecule has 0 saturated carbocycles. The van der Waals surface area contributed by atoms with Gasteiger partial charge in [-0.25, -0.2) is 0 Å². The van der Waals surface area contributed by atoms with Crippen LogP contribution in [0.15, 0.2) is 0 Å². The molecule has 0 radical (unpaired) electrons. The summed E-state index contributed by atoms with van der Waals surface area (Å²) in [6, 6.07) is 1.64. The highest BCUT2D eigenvalue weighted by molar-refractivity contribution is 5.79. The van der Waals surface area contributed by atoms with Crippen molar-refractivity contribution >= 4 is 11.8 Å². The van der Waals surface area contributed by atoms with Gasteiger partial charge in [0.05, 0.1) is 5.92 Å². The molecule has 4 saturated heterocycles. The third-order valence-electron chi connectivity index (χ3n) is 9.02. The van der Waals surface area contributed by atoms with Crippen molar-refractivity contribution in [1.29, 1.82) is 0 Å². The van der Waals surface area contributed by atoms with E-state index in [9.17, 15) is 9.59 Å². The van der Waals surface area contributed by atoms with Crippen LogP contribution in [0.5, 0.6) is 0 Å². The van der Waals surface area contributed by atoms with E-state index in [4.69, 9.17) is 0 Å². The van der Waals surface area contributed by atoms with Crippen molar-refractivity contribution in [3.63, 3.8) is 0 Å². The van der Waals surface area contributed by atoms with Gasteiger partial charge in [0.15, 0.2) is 0 Å². The Hall–Kier alpha value is -1.30. The summed E-state index contributed by atoms with van der Waals surface area (Å²) in [5.74, 6) is 1.09. The molecule has 4 fully saturated rings.